The molecule has 0 spiro atoms. The average Bonchev–Trinajstić information content (AvgIpc) is 3.20. The van der Waals surface area contributed by atoms with E-state index in [2.05, 4.69) is 10.1 Å². The topological polar surface area (TPSA) is 83.0 Å². The van der Waals surface area contributed by atoms with Gasteiger partial charge in [-0.1, -0.05) is 6.07 Å². The SMILES string of the molecule is NC(=O)Cc1nc([C@H]2C[C@@H]3CC[C@H]2O3)n(-c2cccc(F)c2)n1. The number of halogens is 1. The molecule has 1 aromatic heterocycles. The zero-order valence-corrected chi connectivity index (χ0v) is 12.5. The molecule has 3 atom stereocenters. The van der Waals surface area contributed by atoms with Gasteiger partial charge < -0.3 is 10.5 Å². The third-order valence-corrected chi connectivity index (χ3v) is 4.50. The van der Waals surface area contributed by atoms with Crippen LogP contribution in [0.2, 0.25) is 0 Å². The van der Waals surface area contributed by atoms with Gasteiger partial charge in [-0.05, 0) is 37.5 Å². The Hall–Kier alpha value is -2.28. The number of amides is 1. The Bertz CT molecular complexity index is 760. The quantitative estimate of drug-likeness (QED) is 0.926. The van der Waals surface area contributed by atoms with Gasteiger partial charge in [0.25, 0.3) is 0 Å². The molecule has 0 radical (unpaired) electrons. The molecule has 2 aliphatic heterocycles. The number of nitrogens with two attached hydrogens (primary N) is 1. The monoisotopic (exact) mass is 316 g/mol. The maximum Gasteiger partial charge on any atom is 0.225 e. The number of hydrogen-bond donors (Lipinski definition) is 1. The molecule has 2 fully saturated rings. The molecule has 3 heterocycles. The van der Waals surface area contributed by atoms with Crippen LogP contribution in [0.25, 0.3) is 5.69 Å². The number of hydrogen-bond acceptors (Lipinski definition) is 4. The average molecular weight is 316 g/mol. The molecule has 1 aromatic carbocycles. The van der Waals surface area contributed by atoms with Crippen molar-refractivity contribution < 1.29 is 13.9 Å². The van der Waals surface area contributed by atoms with Gasteiger partial charge in [0.2, 0.25) is 5.91 Å². The van der Waals surface area contributed by atoms with E-state index >= 15 is 0 Å². The Labute approximate surface area is 132 Å². The van der Waals surface area contributed by atoms with Gasteiger partial charge in [-0.15, -0.1) is 0 Å². The fourth-order valence-corrected chi connectivity index (χ4v) is 3.55. The van der Waals surface area contributed by atoms with E-state index in [1.54, 1.807) is 16.8 Å². The molecule has 2 N–H and O–H groups in total. The molecule has 1 amide bonds. The summed E-state index contributed by atoms with van der Waals surface area (Å²) in [5.74, 6) is 0.367. The van der Waals surface area contributed by atoms with E-state index < -0.39 is 5.91 Å². The summed E-state index contributed by atoms with van der Waals surface area (Å²) < 4.78 is 21.1. The Morgan fingerprint density at radius 1 is 1.43 bits per heavy atom. The van der Waals surface area contributed by atoms with E-state index in [0.29, 0.717) is 11.5 Å². The molecule has 2 aromatic rings. The van der Waals surface area contributed by atoms with E-state index in [9.17, 15) is 9.18 Å². The van der Waals surface area contributed by atoms with Gasteiger partial charge >= 0.3 is 0 Å². The second-order valence-electron chi connectivity index (χ2n) is 6.14. The molecule has 0 unspecified atom stereocenters. The van der Waals surface area contributed by atoms with Gasteiger partial charge in [0.15, 0.2) is 5.82 Å². The zero-order chi connectivity index (χ0) is 16.0. The summed E-state index contributed by atoms with van der Waals surface area (Å²) in [7, 11) is 0. The lowest BCUT2D eigenvalue weighted by atomic mass is 9.88. The molecule has 0 saturated carbocycles. The summed E-state index contributed by atoms with van der Waals surface area (Å²) in [4.78, 5) is 15.7. The van der Waals surface area contributed by atoms with Crippen LogP contribution in [0.1, 0.15) is 36.8 Å². The molecule has 2 saturated heterocycles. The maximum atomic E-state index is 13.6. The first-order valence-electron chi connectivity index (χ1n) is 7.75. The van der Waals surface area contributed by atoms with Crippen LogP contribution in [-0.4, -0.2) is 32.9 Å². The molecule has 2 aliphatic rings. The van der Waals surface area contributed by atoms with Crippen molar-refractivity contribution in [2.24, 2.45) is 5.73 Å². The highest BCUT2D eigenvalue weighted by Gasteiger charge is 2.44. The second kappa shape index (κ2) is 5.42. The van der Waals surface area contributed by atoms with Gasteiger partial charge in [-0.25, -0.2) is 14.1 Å². The first-order chi connectivity index (χ1) is 11.1. The highest BCUT2D eigenvalue weighted by Crippen LogP contribution is 2.44. The van der Waals surface area contributed by atoms with Crippen LogP contribution < -0.4 is 5.73 Å². The van der Waals surface area contributed by atoms with E-state index in [1.807, 2.05) is 0 Å². The molecule has 4 rings (SSSR count). The van der Waals surface area contributed by atoms with Crippen molar-refractivity contribution >= 4 is 5.91 Å². The fraction of sp³-hybridized carbons (Fsp3) is 0.438. The smallest absolute Gasteiger partial charge is 0.225 e. The third-order valence-electron chi connectivity index (χ3n) is 4.50. The molecule has 120 valence electrons. The van der Waals surface area contributed by atoms with Crippen LogP contribution in [0.3, 0.4) is 0 Å². The highest BCUT2D eigenvalue weighted by atomic mass is 19.1. The van der Waals surface area contributed by atoms with Crippen LogP contribution in [0.5, 0.6) is 0 Å². The van der Waals surface area contributed by atoms with Crippen molar-refractivity contribution in [2.45, 2.75) is 43.8 Å². The molecular formula is C16H17FN4O2. The summed E-state index contributed by atoms with van der Waals surface area (Å²) in [6.45, 7) is 0. The minimum atomic E-state index is -0.489. The Morgan fingerprint density at radius 3 is 2.96 bits per heavy atom. The number of aromatic nitrogens is 3. The summed E-state index contributed by atoms with van der Waals surface area (Å²) >= 11 is 0. The number of rotatable bonds is 4. The molecule has 7 heteroatoms. The fourth-order valence-electron chi connectivity index (χ4n) is 3.55. The van der Waals surface area contributed by atoms with Crippen molar-refractivity contribution in [3.63, 3.8) is 0 Å². The highest BCUT2D eigenvalue weighted by molar-refractivity contribution is 5.75. The van der Waals surface area contributed by atoms with Crippen molar-refractivity contribution in [2.75, 3.05) is 0 Å². The van der Waals surface area contributed by atoms with Crippen LogP contribution >= 0.6 is 0 Å². The lowest BCUT2D eigenvalue weighted by Crippen LogP contribution is -2.19. The molecular weight excluding hydrogens is 299 g/mol. The predicted octanol–water partition coefficient (Wildman–Crippen LogP) is 1.47. The van der Waals surface area contributed by atoms with Crippen molar-refractivity contribution in [1.82, 2.24) is 14.8 Å². The number of benzene rings is 1. The van der Waals surface area contributed by atoms with E-state index in [4.69, 9.17) is 10.5 Å². The lowest BCUT2D eigenvalue weighted by molar-refractivity contribution is -0.117. The molecule has 23 heavy (non-hydrogen) atoms. The van der Waals surface area contributed by atoms with Crippen LogP contribution in [-0.2, 0) is 16.0 Å². The number of ether oxygens (including phenoxy) is 1. The summed E-state index contributed by atoms with van der Waals surface area (Å²) in [6.07, 6.45) is 3.31. The molecule has 6 nitrogen and oxygen atoms in total. The van der Waals surface area contributed by atoms with Crippen molar-refractivity contribution in [1.29, 1.82) is 0 Å². The number of carbonyl (C=O) groups is 1. The standard InChI is InChI=1S/C16H17FN4O2/c17-9-2-1-3-10(6-9)21-16(19-15(20-21)8-14(18)22)12-7-11-4-5-13(12)23-11/h1-3,6,11-13H,4-5,7-8H2,(H2,18,22)/t11-,12-,13+/m0/s1. The molecule has 2 bridgehead atoms. The second-order valence-corrected chi connectivity index (χ2v) is 6.14. The predicted molar refractivity (Wildman–Crippen MR) is 79.5 cm³/mol. The minimum Gasteiger partial charge on any atom is -0.374 e. The zero-order valence-electron chi connectivity index (χ0n) is 12.5. The van der Waals surface area contributed by atoms with E-state index in [-0.39, 0.29) is 30.4 Å². The van der Waals surface area contributed by atoms with Gasteiger partial charge in [0.05, 0.1) is 24.3 Å². The Balaban J connectivity index is 1.76. The molecule has 0 aliphatic carbocycles. The van der Waals surface area contributed by atoms with Crippen LogP contribution in [0, 0.1) is 5.82 Å². The van der Waals surface area contributed by atoms with Crippen molar-refractivity contribution in [3.05, 3.63) is 41.7 Å². The normalized spacial score (nSPS) is 25.9. The Kier molecular flexibility index (Phi) is 3.37. The first-order valence-corrected chi connectivity index (χ1v) is 7.75. The summed E-state index contributed by atoms with van der Waals surface area (Å²) in [5, 5.41) is 4.37. The van der Waals surface area contributed by atoms with Crippen molar-refractivity contribution in [3.8, 4) is 5.69 Å². The number of carbonyl (C=O) groups excluding carboxylic acids is 1. The van der Waals surface area contributed by atoms with Gasteiger partial charge in [0.1, 0.15) is 11.6 Å². The number of primary amides is 1. The van der Waals surface area contributed by atoms with Crippen LogP contribution in [0.15, 0.2) is 24.3 Å². The largest absolute Gasteiger partial charge is 0.374 e. The van der Waals surface area contributed by atoms with E-state index in [1.165, 1.54) is 12.1 Å². The third kappa shape index (κ3) is 2.61. The van der Waals surface area contributed by atoms with Gasteiger partial charge in [-0.2, -0.15) is 5.10 Å². The maximum absolute atomic E-state index is 13.6. The van der Waals surface area contributed by atoms with Gasteiger partial charge in [-0.3, -0.25) is 4.79 Å². The summed E-state index contributed by atoms with van der Waals surface area (Å²) in [5.41, 5.74) is 5.84. The summed E-state index contributed by atoms with van der Waals surface area (Å²) in [6, 6.07) is 6.18. The minimum absolute atomic E-state index is 0.0308. The number of nitrogens with zero attached hydrogens (tertiary/aromatic N) is 3. The number of fused-ring (bicyclic) bond motifs is 2. The van der Waals surface area contributed by atoms with Crippen LogP contribution in [0.4, 0.5) is 4.39 Å². The lowest BCUT2D eigenvalue weighted by Gasteiger charge is -2.18. The Morgan fingerprint density at radius 2 is 2.30 bits per heavy atom. The first kappa shape index (κ1) is 14.3. The van der Waals surface area contributed by atoms with E-state index in [0.717, 1.165) is 25.1 Å². The van der Waals surface area contributed by atoms with Gasteiger partial charge in [0, 0.05) is 5.92 Å².